The van der Waals surface area contributed by atoms with Crippen LogP contribution in [0, 0.1) is 11.8 Å². The summed E-state index contributed by atoms with van der Waals surface area (Å²) in [7, 11) is 0. The van der Waals surface area contributed by atoms with E-state index in [4.69, 9.17) is 5.53 Å². The highest BCUT2D eigenvalue weighted by atomic mass is 16.1. The Bertz CT molecular complexity index is 500. The molecular formula is C14H12N2O. The largest absolute Gasteiger partial charge is 0.361 e. The molecule has 0 N–H and O–H groups in total. The molecule has 0 fully saturated rings. The molecule has 84 valence electrons. The van der Waals surface area contributed by atoms with Crippen molar-refractivity contribution in [3.8, 4) is 11.8 Å². The van der Waals surface area contributed by atoms with E-state index in [2.05, 4.69) is 16.6 Å². The Labute approximate surface area is 100 Å². The summed E-state index contributed by atoms with van der Waals surface area (Å²) in [5, 5.41) is 0. The predicted molar refractivity (Wildman–Crippen MR) is 66.4 cm³/mol. The number of hydrogen-bond acceptors (Lipinski definition) is 1. The summed E-state index contributed by atoms with van der Waals surface area (Å²) in [5.74, 6) is 5.65. The number of rotatable bonds is 4. The van der Waals surface area contributed by atoms with Crippen molar-refractivity contribution in [2.75, 3.05) is 0 Å². The highest BCUT2D eigenvalue weighted by Gasteiger charge is 1.98. The van der Waals surface area contributed by atoms with Gasteiger partial charge in [0.15, 0.2) is 0 Å². The zero-order valence-corrected chi connectivity index (χ0v) is 9.34. The van der Waals surface area contributed by atoms with Gasteiger partial charge in [-0.2, -0.15) is 4.79 Å². The zero-order valence-electron chi connectivity index (χ0n) is 9.34. The fraction of sp³-hybridized carbons (Fsp3) is 0.143. The summed E-state index contributed by atoms with van der Waals surface area (Å²) in [5.41, 5.74) is 9.07. The third-order valence-corrected chi connectivity index (χ3v) is 1.95. The van der Waals surface area contributed by atoms with Gasteiger partial charge in [-0.1, -0.05) is 36.1 Å². The first-order valence-corrected chi connectivity index (χ1v) is 5.25. The number of ketones is 1. The molecule has 0 aliphatic carbocycles. The van der Waals surface area contributed by atoms with Crippen LogP contribution in [-0.2, 0) is 4.79 Å². The van der Waals surface area contributed by atoms with Crippen LogP contribution in [0.4, 0.5) is 0 Å². The molecule has 0 aliphatic rings. The van der Waals surface area contributed by atoms with Crippen molar-refractivity contribution < 1.29 is 9.58 Å². The Morgan fingerprint density at radius 2 is 2.12 bits per heavy atom. The van der Waals surface area contributed by atoms with E-state index in [0.29, 0.717) is 12.8 Å². The van der Waals surface area contributed by atoms with Crippen LogP contribution in [0.2, 0.25) is 0 Å². The summed E-state index contributed by atoms with van der Waals surface area (Å²) in [4.78, 5) is 13.6. The summed E-state index contributed by atoms with van der Waals surface area (Å²) >= 11 is 0. The van der Waals surface area contributed by atoms with Crippen molar-refractivity contribution in [3.63, 3.8) is 0 Å². The first-order chi connectivity index (χ1) is 8.33. The molecule has 1 aromatic carbocycles. The molecule has 1 rings (SSSR count). The summed E-state index contributed by atoms with van der Waals surface area (Å²) < 4.78 is 0. The van der Waals surface area contributed by atoms with Crippen molar-refractivity contribution in [3.05, 3.63) is 53.6 Å². The van der Waals surface area contributed by atoms with Crippen LogP contribution >= 0.6 is 0 Å². The molecule has 3 nitrogen and oxygen atoms in total. The van der Waals surface area contributed by atoms with Gasteiger partial charge in [-0.25, -0.2) is 0 Å². The second kappa shape index (κ2) is 7.81. The highest BCUT2D eigenvalue weighted by molar-refractivity contribution is 6.25. The first kappa shape index (κ1) is 12.6. The number of carbonyl (C=O) groups excluding carboxylic acids is 1. The number of benzene rings is 1. The van der Waals surface area contributed by atoms with E-state index in [9.17, 15) is 4.79 Å². The lowest BCUT2D eigenvalue weighted by atomic mass is 10.2. The van der Waals surface area contributed by atoms with Crippen molar-refractivity contribution in [1.82, 2.24) is 0 Å². The molecule has 0 heterocycles. The van der Waals surface area contributed by atoms with E-state index >= 15 is 0 Å². The molecule has 0 bridgehead atoms. The molecule has 0 unspecified atom stereocenters. The molecule has 0 amide bonds. The standard InChI is InChI=1S/C14H12N2O/c15-16-12-14(17)11-7-2-1-4-8-13-9-5-3-6-10-13/h1-3,5-6,9-10,12H,7,11H2/b2-1+. The Kier molecular flexibility index (Phi) is 5.81. The average molecular weight is 224 g/mol. The van der Waals surface area contributed by atoms with E-state index in [1.54, 1.807) is 6.08 Å². The van der Waals surface area contributed by atoms with E-state index in [1.807, 2.05) is 36.4 Å². The third-order valence-electron chi connectivity index (χ3n) is 1.95. The molecule has 0 saturated heterocycles. The van der Waals surface area contributed by atoms with Gasteiger partial charge in [0.05, 0.1) is 0 Å². The second-order valence-corrected chi connectivity index (χ2v) is 3.29. The monoisotopic (exact) mass is 224 g/mol. The predicted octanol–water partition coefficient (Wildman–Crippen LogP) is 2.24. The first-order valence-electron chi connectivity index (χ1n) is 5.25. The van der Waals surface area contributed by atoms with E-state index in [1.165, 1.54) is 0 Å². The van der Waals surface area contributed by atoms with Crippen molar-refractivity contribution in [1.29, 1.82) is 0 Å². The maximum atomic E-state index is 10.9. The minimum atomic E-state index is -0.201. The fourth-order valence-electron chi connectivity index (χ4n) is 1.14. The molecule has 0 saturated carbocycles. The molecule has 0 aromatic heterocycles. The van der Waals surface area contributed by atoms with Crippen LogP contribution in [0.5, 0.6) is 0 Å². The highest BCUT2D eigenvalue weighted by Crippen LogP contribution is 1.95. The normalized spacial score (nSPS) is 9.18. The van der Waals surface area contributed by atoms with Crippen molar-refractivity contribution in [2.24, 2.45) is 0 Å². The minimum Gasteiger partial charge on any atom is -0.361 e. The minimum absolute atomic E-state index is 0.201. The number of Topliss-reactive ketones (excluding diaryl/α,β-unsaturated/α-hetero) is 1. The van der Waals surface area contributed by atoms with E-state index in [-0.39, 0.29) is 5.78 Å². The number of carbonyl (C=O) groups is 1. The van der Waals surface area contributed by atoms with Gasteiger partial charge < -0.3 is 5.53 Å². The Morgan fingerprint density at radius 3 is 2.82 bits per heavy atom. The molecule has 0 spiro atoms. The SMILES string of the molecule is [N-]=[N+]=CC(=O)CC/C=C/C#Cc1ccccc1. The van der Waals surface area contributed by atoms with Gasteiger partial charge in [-0.05, 0) is 24.6 Å². The van der Waals surface area contributed by atoms with Crippen molar-refractivity contribution >= 4 is 12.0 Å². The van der Waals surface area contributed by atoms with Crippen LogP contribution in [0.3, 0.4) is 0 Å². The molecule has 1 aromatic rings. The molecule has 0 aliphatic heterocycles. The van der Waals surface area contributed by atoms with Gasteiger partial charge >= 0.3 is 6.21 Å². The number of allylic oxidation sites excluding steroid dienone is 2. The Hall–Kier alpha value is -2.43. The molecule has 0 radical (unpaired) electrons. The second-order valence-electron chi connectivity index (χ2n) is 3.29. The van der Waals surface area contributed by atoms with Gasteiger partial charge in [0.25, 0.3) is 0 Å². The van der Waals surface area contributed by atoms with Crippen molar-refractivity contribution in [2.45, 2.75) is 12.8 Å². The smallest absolute Gasteiger partial charge is 0.323 e. The van der Waals surface area contributed by atoms with Gasteiger partial charge in [0.2, 0.25) is 5.78 Å². The van der Waals surface area contributed by atoms with Crippen LogP contribution in [-0.4, -0.2) is 16.8 Å². The number of hydrogen-bond donors (Lipinski definition) is 0. The van der Waals surface area contributed by atoms with Gasteiger partial charge in [0, 0.05) is 12.0 Å². The quantitative estimate of drug-likeness (QED) is 0.335. The summed E-state index contributed by atoms with van der Waals surface area (Å²) in [6.07, 6.45) is 5.36. The Balaban J connectivity index is 2.34. The summed E-state index contributed by atoms with van der Waals surface area (Å²) in [6, 6.07) is 9.67. The van der Waals surface area contributed by atoms with Crippen LogP contribution < -0.4 is 0 Å². The van der Waals surface area contributed by atoms with Crippen LogP contribution in [0.15, 0.2) is 42.5 Å². The van der Waals surface area contributed by atoms with E-state index < -0.39 is 0 Å². The third kappa shape index (κ3) is 5.88. The topological polar surface area (TPSA) is 53.5 Å². The lowest BCUT2D eigenvalue weighted by molar-refractivity contribution is -0.116. The number of nitrogens with zero attached hydrogens (tertiary/aromatic N) is 2. The van der Waals surface area contributed by atoms with Crippen LogP contribution in [0.25, 0.3) is 5.53 Å². The molecular weight excluding hydrogens is 212 g/mol. The lowest BCUT2D eigenvalue weighted by Crippen LogP contribution is -1.97. The average Bonchev–Trinajstić information content (AvgIpc) is 2.35. The fourth-order valence-corrected chi connectivity index (χ4v) is 1.14. The van der Waals surface area contributed by atoms with Gasteiger partial charge in [-0.3, -0.25) is 4.79 Å². The summed E-state index contributed by atoms with van der Waals surface area (Å²) in [6.45, 7) is 0. The Morgan fingerprint density at radius 1 is 1.35 bits per heavy atom. The maximum Gasteiger partial charge on any atom is 0.323 e. The lowest BCUT2D eigenvalue weighted by Gasteiger charge is -1.85. The van der Waals surface area contributed by atoms with Gasteiger partial charge in [-0.15, -0.1) is 0 Å². The molecule has 0 atom stereocenters. The van der Waals surface area contributed by atoms with Gasteiger partial charge in [0.1, 0.15) is 0 Å². The zero-order chi connectivity index (χ0) is 12.3. The van der Waals surface area contributed by atoms with E-state index in [0.717, 1.165) is 11.8 Å². The maximum absolute atomic E-state index is 10.9. The molecule has 17 heavy (non-hydrogen) atoms. The molecule has 3 heteroatoms. The van der Waals surface area contributed by atoms with Crippen LogP contribution in [0.1, 0.15) is 18.4 Å².